The van der Waals surface area contributed by atoms with Crippen molar-refractivity contribution in [3.05, 3.63) is 12.2 Å². The number of hydrogen-bond donors (Lipinski definition) is 1. The van der Waals surface area contributed by atoms with Crippen LogP contribution in [0.3, 0.4) is 0 Å². The van der Waals surface area contributed by atoms with Gasteiger partial charge >= 0.3 is 5.97 Å². The van der Waals surface area contributed by atoms with Crippen LogP contribution in [0.4, 0.5) is 0 Å². The lowest BCUT2D eigenvalue weighted by atomic mass is 10.2. The molecular formula is C9H19NO2. The lowest BCUT2D eigenvalue weighted by Gasteiger charge is -1.94. The SMILES string of the molecule is C=C(CC)C(=O)ON.CCCC. The highest BCUT2D eigenvalue weighted by Crippen LogP contribution is 1.95. The van der Waals surface area contributed by atoms with Crippen LogP contribution in [0.2, 0.25) is 0 Å². The zero-order valence-electron chi connectivity index (χ0n) is 8.22. The summed E-state index contributed by atoms with van der Waals surface area (Å²) in [7, 11) is 0. The maximum Gasteiger partial charge on any atom is 0.351 e. The first kappa shape index (κ1) is 13.7. The maximum absolute atomic E-state index is 10.3. The summed E-state index contributed by atoms with van der Waals surface area (Å²) in [6, 6.07) is 0. The molecule has 2 N–H and O–H groups in total. The van der Waals surface area contributed by atoms with Crippen molar-refractivity contribution in [3.8, 4) is 0 Å². The molecular weight excluding hydrogens is 154 g/mol. The monoisotopic (exact) mass is 173 g/mol. The topological polar surface area (TPSA) is 52.3 Å². The molecule has 0 spiro atoms. The standard InChI is InChI=1S/C5H9NO2.C4H10/c1-3-4(2)5(7)8-6;1-3-4-2/h2-3,6H2,1H3;3-4H2,1-2H3. The minimum absolute atomic E-state index is 0.396. The molecule has 3 nitrogen and oxygen atoms in total. The van der Waals surface area contributed by atoms with Crippen LogP contribution in [-0.2, 0) is 9.63 Å². The molecule has 0 bridgehead atoms. The molecule has 0 unspecified atom stereocenters. The predicted molar refractivity (Wildman–Crippen MR) is 50.3 cm³/mol. The molecule has 0 amide bonds. The minimum Gasteiger partial charge on any atom is -0.370 e. The largest absolute Gasteiger partial charge is 0.370 e. The fourth-order valence-corrected chi connectivity index (χ4v) is 0.228. The van der Waals surface area contributed by atoms with Gasteiger partial charge in [-0.15, -0.1) is 0 Å². The second kappa shape index (κ2) is 10.2. The Labute approximate surface area is 74.5 Å². The third-order valence-corrected chi connectivity index (χ3v) is 1.32. The molecule has 0 saturated carbocycles. The average Bonchev–Trinajstić information content (AvgIpc) is 2.15. The summed E-state index contributed by atoms with van der Waals surface area (Å²) in [5.41, 5.74) is 0.396. The highest BCUT2D eigenvalue weighted by atomic mass is 16.7. The van der Waals surface area contributed by atoms with E-state index in [0.29, 0.717) is 12.0 Å². The number of nitrogens with two attached hydrogens (primary N) is 1. The van der Waals surface area contributed by atoms with Gasteiger partial charge in [-0.3, -0.25) is 0 Å². The first-order valence-corrected chi connectivity index (χ1v) is 4.22. The van der Waals surface area contributed by atoms with Gasteiger partial charge in [-0.25, -0.2) is 4.79 Å². The molecule has 0 atom stereocenters. The Kier molecular flexibility index (Phi) is 11.6. The van der Waals surface area contributed by atoms with Gasteiger partial charge in [-0.2, -0.15) is 5.90 Å². The molecule has 0 rings (SSSR count). The van der Waals surface area contributed by atoms with Crippen LogP contribution in [0.1, 0.15) is 40.0 Å². The average molecular weight is 173 g/mol. The highest BCUT2D eigenvalue weighted by molar-refractivity contribution is 5.87. The molecule has 0 aromatic carbocycles. The van der Waals surface area contributed by atoms with E-state index in [1.165, 1.54) is 12.8 Å². The number of rotatable bonds is 3. The van der Waals surface area contributed by atoms with Crippen LogP contribution in [0, 0.1) is 0 Å². The number of carbonyl (C=O) groups excluding carboxylic acids is 1. The maximum atomic E-state index is 10.3. The van der Waals surface area contributed by atoms with E-state index in [1.807, 2.05) is 0 Å². The predicted octanol–water partition coefficient (Wildman–Crippen LogP) is 2.18. The van der Waals surface area contributed by atoms with Crippen molar-refractivity contribution in [1.29, 1.82) is 0 Å². The number of unbranched alkanes of at least 4 members (excludes halogenated alkanes) is 1. The second-order valence-corrected chi connectivity index (χ2v) is 2.36. The zero-order chi connectivity index (χ0) is 9.98. The highest BCUT2D eigenvalue weighted by Gasteiger charge is 2.01. The van der Waals surface area contributed by atoms with Crippen molar-refractivity contribution in [1.82, 2.24) is 0 Å². The van der Waals surface area contributed by atoms with Gasteiger partial charge in [0, 0.05) is 5.57 Å². The van der Waals surface area contributed by atoms with E-state index in [2.05, 4.69) is 31.2 Å². The van der Waals surface area contributed by atoms with Crippen molar-refractivity contribution in [2.45, 2.75) is 40.0 Å². The molecule has 0 aliphatic carbocycles. The lowest BCUT2D eigenvalue weighted by molar-refractivity contribution is -0.139. The van der Waals surface area contributed by atoms with Crippen LogP contribution in [0.5, 0.6) is 0 Å². The first-order chi connectivity index (χ1) is 5.63. The third-order valence-electron chi connectivity index (χ3n) is 1.32. The Bertz CT molecular complexity index is 116. The summed E-state index contributed by atoms with van der Waals surface area (Å²) in [5, 5.41) is 0. The molecule has 0 heterocycles. The Morgan fingerprint density at radius 2 is 1.75 bits per heavy atom. The van der Waals surface area contributed by atoms with Crippen molar-refractivity contribution in [2.24, 2.45) is 5.90 Å². The summed E-state index contributed by atoms with van der Waals surface area (Å²) in [5.74, 6) is 4.00. The zero-order valence-corrected chi connectivity index (χ0v) is 8.22. The van der Waals surface area contributed by atoms with Crippen molar-refractivity contribution < 1.29 is 9.63 Å². The summed E-state index contributed by atoms with van der Waals surface area (Å²) >= 11 is 0. The van der Waals surface area contributed by atoms with Gasteiger partial charge in [0.2, 0.25) is 0 Å². The van der Waals surface area contributed by atoms with E-state index >= 15 is 0 Å². The van der Waals surface area contributed by atoms with E-state index in [9.17, 15) is 4.79 Å². The molecule has 0 aliphatic heterocycles. The normalized spacial score (nSPS) is 8.00. The van der Waals surface area contributed by atoms with Crippen LogP contribution in [0.15, 0.2) is 12.2 Å². The number of hydrogen-bond acceptors (Lipinski definition) is 3. The summed E-state index contributed by atoms with van der Waals surface area (Å²) in [6.07, 6.45) is 3.22. The quantitative estimate of drug-likeness (QED) is 0.525. The van der Waals surface area contributed by atoms with Crippen LogP contribution in [-0.4, -0.2) is 5.97 Å². The van der Waals surface area contributed by atoms with E-state index in [4.69, 9.17) is 0 Å². The Balaban J connectivity index is 0. The Hall–Kier alpha value is -0.830. The van der Waals surface area contributed by atoms with Crippen LogP contribution >= 0.6 is 0 Å². The van der Waals surface area contributed by atoms with Gasteiger partial charge in [0.15, 0.2) is 0 Å². The fourth-order valence-electron chi connectivity index (χ4n) is 0.228. The lowest BCUT2D eigenvalue weighted by Crippen LogP contribution is -2.10. The molecule has 72 valence electrons. The fraction of sp³-hybridized carbons (Fsp3) is 0.667. The van der Waals surface area contributed by atoms with Crippen molar-refractivity contribution >= 4 is 5.97 Å². The molecule has 3 heteroatoms. The van der Waals surface area contributed by atoms with Crippen molar-refractivity contribution in [3.63, 3.8) is 0 Å². The van der Waals surface area contributed by atoms with Gasteiger partial charge in [0.05, 0.1) is 0 Å². The van der Waals surface area contributed by atoms with E-state index in [0.717, 1.165) is 0 Å². The summed E-state index contributed by atoms with van der Waals surface area (Å²) < 4.78 is 0. The van der Waals surface area contributed by atoms with E-state index < -0.39 is 5.97 Å². The van der Waals surface area contributed by atoms with Crippen LogP contribution in [0.25, 0.3) is 0 Å². The Morgan fingerprint density at radius 1 is 1.33 bits per heavy atom. The number of carbonyl (C=O) groups is 1. The van der Waals surface area contributed by atoms with Crippen molar-refractivity contribution in [2.75, 3.05) is 0 Å². The van der Waals surface area contributed by atoms with Gasteiger partial charge in [0.25, 0.3) is 0 Å². The molecule has 0 aromatic heterocycles. The summed E-state index contributed by atoms with van der Waals surface area (Å²) in [6.45, 7) is 9.56. The molecule has 0 radical (unpaired) electrons. The third kappa shape index (κ3) is 9.17. The molecule has 0 saturated heterocycles. The van der Waals surface area contributed by atoms with Gasteiger partial charge in [-0.05, 0) is 6.42 Å². The van der Waals surface area contributed by atoms with E-state index in [1.54, 1.807) is 6.92 Å². The Morgan fingerprint density at radius 3 is 1.83 bits per heavy atom. The van der Waals surface area contributed by atoms with Gasteiger partial charge < -0.3 is 4.84 Å². The van der Waals surface area contributed by atoms with E-state index in [-0.39, 0.29) is 0 Å². The molecule has 0 aromatic rings. The molecule has 0 fully saturated rings. The molecule has 0 aliphatic rings. The van der Waals surface area contributed by atoms with Gasteiger partial charge in [0.1, 0.15) is 0 Å². The second-order valence-electron chi connectivity index (χ2n) is 2.36. The summed E-state index contributed by atoms with van der Waals surface area (Å²) in [4.78, 5) is 14.2. The smallest absolute Gasteiger partial charge is 0.351 e. The molecule has 12 heavy (non-hydrogen) atoms. The van der Waals surface area contributed by atoms with Crippen LogP contribution < -0.4 is 5.90 Å². The van der Waals surface area contributed by atoms with Gasteiger partial charge in [-0.1, -0.05) is 40.2 Å². The first-order valence-electron chi connectivity index (χ1n) is 4.22. The minimum atomic E-state index is -0.535.